The van der Waals surface area contributed by atoms with Crippen LogP contribution in [0.3, 0.4) is 0 Å². The molecule has 2 amide bonds. The Bertz CT molecular complexity index is 997. The molecule has 33 heavy (non-hydrogen) atoms. The molecule has 1 saturated heterocycles. The molecule has 0 radical (unpaired) electrons. The van der Waals surface area contributed by atoms with Gasteiger partial charge in [0.15, 0.2) is 0 Å². The van der Waals surface area contributed by atoms with E-state index in [1.54, 1.807) is 24.5 Å². The highest BCUT2D eigenvalue weighted by Gasteiger charge is 2.28. The summed E-state index contributed by atoms with van der Waals surface area (Å²) in [5.74, 6) is 0.212. The molecule has 0 aliphatic carbocycles. The van der Waals surface area contributed by atoms with Gasteiger partial charge >= 0.3 is 0 Å². The Balaban J connectivity index is 1.73. The predicted molar refractivity (Wildman–Crippen MR) is 135 cm³/mol. The number of nitrogens with zero attached hydrogens (tertiary/aromatic N) is 5. The maximum atomic E-state index is 13.3. The monoisotopic (exact) mass is 515 g/mol. The zero-order valence-corrected chi connectivity index (χ0v) is 20.8. The summed E-state index contributed by atoms with van der Waals surface area (Å²) in [6, 6.07) is 5.46. The molecule has 1 fully saturated rings. The molecule has 0 saturated carbocycles. The second-order valence-corrected chi connectivity index (χ2v) is 9.17. The van der Waals surface area contributed by atoms with Crippen LogP contribution < -0.4 is 15.5 Å². The molecule has 0 spiro atoms. The molecule has 3 rings (SSSR count). The van der Waals surface area contributed by atoms with Gasteiger partial charge in [0, 0.05) is 57.2 Å². The van der Waals surface area contributed by atoms with Gasteiger partial charge in [-0.3, -0.25) is 9.59 Å². The highest BCUT2D eigenvalue weighted by atomic mass is 79.9. The predicted octanol–water partition coefficient (Wildman–Crippen LogP) is 2.69. The van der Waals surface area contributed by atoms with Gasteiger partial charge in [-0.25, -0.2) is 9.97 Å². The number of halogens is 1. The quantitative estimate of drug-likeness (QED) is 0.495. The van der Waals surface area contributed by atoms with Crippen LogP contribution in [0.15, 0.2) is 47.7 Å². The second-order valence-electron chi connectivity index (χ2n) is 8.26. The molecule has 10 heteroatoms. The summed E-state index contributed by atoms with van der Waals surface area (Å²) in [7, 11) is 5.96. The number of hydrogen-bond acceptors (Lipinski definition) is 7. The van der Waals surface area contributed by atoms with Gasteiger partial charge in [-0.2, -0.15) is 0 Å². The number of hydrogen-bond donors (Lipinski definition) is 2. The van der Waals surface area contributed by atoms with E-state index in [1.807, 2.05) is 37.0 Å². The Kier molecular flexibility index (Phi) is 8.40. The van der Waals surface area contributed by atoms with E-state index in [2.05, 4.69) is 48.0 Å². The van der Waals surface area contributed by atoms with Gasteiger partial charge in [0.25, 0.3) is 5.91 Å². The molecule has 1 aliphatic rings. The van der Waals surface area contributed by atoms with Crippen molar-refractivity contribution >= 4 is 45.1 Å². The molecule has 9 nitrogen and oxygen atoms in total. The number of likely N-dealkylation sites (tertiary alicyclic amines) is 1. The van der Waals surface area contributed by atoms with Crippen molar-refractivity contribution in [3.05, 3.63) is 53.3 Å². The van der Waals surface area contributed by atoms with Crippen LogP contribution in [0.25, 0.3) is 0 Å². The smallest absolute Gasteiger partial charge is 0.254 e. The lowest BCUT2D eigenvalue weighted by Gasteiger charge is -2.25. The minimum atomic E-state index is -0.292. The zero-order chi connectivity index (χ0) is 24.0. The Morgan fingerprint density at radius 1 is 1.24 bits per heavy atom. The van der Waals surface area contributed by atoms with E-state index < -0.39 is 0 Å². The number of benzene rings is 1. The minimum Gasteiger partial charge on any atom is -0.372 e. The van der Waals surface area contributed by atoms with E-state index in [9.17, 15) is 9.59 Å². The lowest BCUT2D eigenvalue weighted by molar-refractivity contribution is -0.111. The summed E-state index contributed by atoms with van der Waals surface area (Å²) in [6.45, 7) is 6.31. The molecule has 0 bridgehead atoms. The van der Waals surface area contributed by atoms with E-state index in [0.29, 0.717) is 30.3 Å². The first-order valence-electron chi connectivity index (χ1n) is 10.7. The highest BCUT2D eigenvalue weighted by Crippen LogP contribution is 2.28. The third kappa shape index (κ3) is 6.75. The fraction of sp³-hybridized carbons (Fsp3) is 0.391. The van der Waals surface area contributed by atoms with Crippen molar-refractivity contribution in [2.45, 2.75) is 12.5 Å². The number of nitrogens with one attached hydrogen (secondary N) is 2. The minimum absolute atomic E-state index is 0.0418. The van der Waals surface area contributed by atoms with Crippen LogP contribution in [-0.4, -0.2) is 84.9 Å². The van der Waals surface area contributed by atoms with E-state index in [0.717, 1.165) is 29.7 Å². The summed E-state index contributed by atoms with van der Waals surface area (Å²) >= 11 is 3.33. The largest absolute Gasteiger partial charge is 0.372 e. The van der Waals surface area contributed by atoms with E-state index >= 15 is 0 Å². The molecule has 1 aromatic heterocycles. The summed E-state index contributed by atoms with van der Waals surface area (Å²) in [6.07, 6.45) is 5.42. The standard InChI is InChI=1S/C23H30BrN7O2/c1-5-21(32)28-19-7-6-16(12-20(19)30(4)11-10-29(2)3)22(33)31-9-8-18(15-31)27-23-25-13-17(24)14-26-23/h5-7,12-14,18H,1,8-11,15H2,2-4H3,(H,28,32)(H,25,26,27). The van der Waals surface area contributed by atoms with Gasteiger partial charge < -0.3 is 25.3 Å². The normalized spacial score (nSPS) is 15.4. The fourth-order valence-corrected chi connectivity index (χ4v) is 3.76. The molecule has 2 N–H and O–H groups in total. The average Bonchev–Trinajstić information content (AvgIpc) is 3.27. The summed E-state index contributed by atoms with van der Waals surface area (Å²) in [5, 5.41) is 6.13. The SMILES string of the molecule is C=CC(=O)Nc1ccc(C(=O)N2CCC(Nc3ncc(Br)cn3)C2)cc1N(C)CCN(C)C. The highest BCUT2D eigenvalue weighted by molar-refractivity contribution is 9.10. The maximum Gasteiger partial charge on any atom is 0.254 e. The Morgan fingerprint density at radius 3 is 2.64 bits per heavy atom. The van der Waals surface area contributed by atoms with E-state index in [4.69, 9.17) is 0 Å². The lowest BCUT2D eigenvalue weighted by atomic mass is 10.1. The van der Waals surface area contributed by atoms with Crippen LogP contribution in [0.1, 0.15) is 16.8 Å². The zero-order valence-electron chi connectivity index (χ0n) is 19.2. The molecule has 1 atom stereocenters. The molecule has 1 aromatic carbocycles. The Hall–Kier alpha value is -2.98. The lowest BCUT2D eigenvalue weighted by Crippen LogP contribution is -2.32. The van der Waals surface area contributed by atoms with Crippen molar-refractivity contribution in [2.24, 2.45) is 0 Å². The first kappa shape index (κ1) is 24.7. The number of aromatic nitrogens is 2. The number of likely N-dealkylation sites (N-methyl/N-ethyl adjacent to an activating group) is 2. The molecule has 1 unspecified atom stereocenters. The van der Waals surface area contributed by atoms with Crippen molar-refractivity contribution < 1.29 is 9.59 Å². The number of carbonyl (C=O) groups is 2. The summed E-state index contributed by atoms with van der Waals surface area (Å²) < 4.78 is 0.815. The van der Waals surface area contributed by atoms with E-state index in [1.165, 1.54) is 6.08 Å². The number of amides is 2. The first-order valence-corrected chi connectivity index (χ1v) is 11.5. The van der Waals surface area contributed by atoms with Gasteiger partial charge in [0.05, 0.1) is 15.8 Å². The van der Waals surface area contributed by atoms with Gasteiger partial charge in [-0.05, 0) is 60.7 Å². The molecule has 2 heterocycles. The fourth-order valence-electron chi connectivity index (χ4n) is 3.55. The summed E-state index contributed by atoms with van der Waals surface area (Å²) in [4.78, 5) is 39.6. The molecule has 1 aliphatic heterocycles. The van der Waals surface area contributed by atoms with Crippen LogP contribution in [0.2, 0.25) is 0 Å². The third-order valence-electron chi connectivity index (χ3n) is 5.41. The number of anilines is 3. The van der Waals surface area contributed by atoms with Crippen LogP contribution in [0.5, 0.6) is 0 Å². The Labute approximate surface area is 203 Å². The van der Waals surface area contributed by atoms with Crippen LogP contribution >= 0.6 is 15.9 Å². The topological polar surface area (TPSA) is 93.7 Å². The molecular formula is C23H30BrN7O2. The van der Waals surface area contributed by atoms with Gasteiger partial charge in [-0.15, -0.1) is 0 Å². The molecule has 2 aromatic rings. The van der Waals surface area contributed by atoms with Gasteiger partial charge in [-0.1, -0.05) is 6.58 Å². The Morgan fingerprint density at radius 2 is 1.97 bits per heavy atom. The maximum absolute atomic E-state index is 13.3. The molecule has 176 valence electrons. The number of carbonyl (C=O) groups excluding carboxylic acids is 2. The average molecular weight is 516 g/mol. The van der Waals surface area contributed by atoms with Gasteiger partial charge in [0.1, 0.15) is 0 Å². The second kappa shape index (κ2) is 11.2. The third-order valence-corrected chi connectivity index (χ3v) is 5.82. The van der Waals surface area contributed by atoms with Gasteiger partial charge in [0.2, 0.25) is 11.9 Å². The van der Waals surface area contributed by atoms with E-state index in [-0.39, 0.29) is 17.9 Å². The van der Waals surface area contributed by atoms with Crippen molar-refractivity contribution in [3.8, 4) is 0 Å². The number of rotatable bonds is 9. The van der Waals surface area contributed by atoms with Crippen molar-refractivity contribution in [2.75, 3.05) is 62.9 Å². The summed E-state index contributed by atoms with van der Waals surface area (Å²) in [5.41, 5.74) is 2.01. The molecular weight excluding hydrogens is 486 g/mol. The van der Waals surface area contributed by atoms with Crippen molar-refractivity contribution in [1.29, 1.82) is 0 Å². The van der Waals surface area contributed by atoms with Crippen molar-refractivity contribution in [1.82, 2.24) is 19.8 Å². The van der Waals surface area contributed by atoms with Crippen LogP contribution in [0.4, 0.5) is 17.3 Å². The van der Waals surface area contributed by atoms with Crippen molar-refractivity contribution in [3.63, 3.8) is 0 Å². The van der Waals surface area contributed by atoms with Crippen LogP contribution in [-0.2, 0) is 4.79 Å². The van der Waals surface area contributed by atoms with Crippen LogP contribution in [0, 0.1) is 0 Å². The first-order chi connectivity index (χ1) is 15.8.